The summed E-state index contributed by atoms with van der Waals surface area (Å²) in [6.45, 7) is 7.00. The fraction of sp³-hybridized carbons (Fsp3) is 0.393. The van der Waals surface area contributed by atoms with E-state index >= 15 is 0 Å². The summed E-state index contributed by atoms with van der Waals surface area (Å²) in [5.41, 5.74) is 2.31. The van der Waals surface area contributed by atoms with Crippen LogP contribution in [-0.4, -0.2) is 98.8 Å². The topological polar surface area (TPSA) is 126 Å². The van der Waals surface area contributed by atoms with Crippen LogP contribution in [0.25, 0.3) is 21.8 Å². The Bertz CT molecular complexity index is 1480. The normalized spacial score (nSPS) is 16.3. The molecule has 12 nitrogen and oxygen atoms in total. The number of urea groups is 1. The van der Waals surface area contributed by atoms with Crippen LogP contribution in [0, 0.1) is 0 Å². The lowest BCUT2D eigenvalue weighted by Crippen LogP contribution is -2.38. The maximum absolute atomic E-state index is 13.1. The van der Waals surface area contributed by atoms with E-state index in [9.17, 15) is 4.79 Å². The quantitative estimate of drug-likeness (QED) is 0.305. The lowest BCUT2D eigenvalue weighted by atomic mass is 10.2. The number of carbonyl (C=O) groups is 1. The number of benzene rings is 2. The molecule has 0 aliphatic carbocycles. The van der Waals surface area contributed by atoms with Gasteiger partial charge < -0.3 is 34.1 Å². The first-order chi connectivity index (χ1) is 19.7. The summed E-state index contributed by atoms with van der Waals surface area (Å²) in [7, 11) is 1.61. The molecule has 210 valence electrons. The van der Waals surface area contributed by atoms with E-state index in [1.165, 1.54) is 0 Å². The van der Waals surface area contributed by atoms with Gasteiger partial charge in [-0.3, -0.25) is 10.2 Å². The molecule has 12 heteroatoms. The first-order valence-electron chi connectivity index (χ1n) is 13.5. The number of morpholine rings is 2. The average molecular weight is 548 g/mol. The van der Waals surface area contributed by atoms with Gasteiger partial charge in [-0.1, -0.05) is 0 Å². The number of fused-ring (bicyclic) bond motifs is 2. The summed E-state index contributed by atoms with van der Waals surface area (Å²) in [5, 5.41) is 7.51. The van der Waals surface area contributed by atoms with Gasteiger partial charge in [-0.05, 0) is 30.3 Å². The van der Waals surface area contributed by atoms with Crippen molar-refractivity contribution in [1.29, 1.82) is 0 Å². The van der Waals surface area contributed by atoms with Gasteiger partial charge in [-0.25, -0.2) is 9.78 Å². The van der Waals surface area contributed by atoms with E-state index in [1.807, 2.05) is 47.5 Å². The van der Waals surface area contributed by atoms with E-state index < -0.39 is 6.03 Å². The van der Waals surface area contributed by atoms with Crippen molar-refractivity contribution >= 4 is 45.3 Å². The maximum atomic E-state index is 13.1. The SMILES string of the molecule is COc1cc2nc(N3CCOCC3)nc(NC(=O)Nc3ccc4[nH]ccc4c3)c2cc1OCCN1CCOCC1. The van der Waals surface area contributed by atoms with E-state index in [-0.39, 0.29) is 0 Å². The van der Waals surface area contributed by atoms with Crippen LogP contribution in [0.3, 0.4) is 0 Å². The summed E-state index contributed by atoms with van der Waals surface area (Å²) < 4.78 is 22.7. The number of hydrogen-bond acceptors (Lipinski definition) is 9. The Morgan fingerprint density at radius 3 is 2.58 bits per heavy atom. The van der Waals surface area contributed by atoms with Gasteiger partial charge >= 0.3 is 6.03 Å². The van der Waals surface area contributed by atoms with Gasteiger partial charge in [-0.15, -0.1) is 0 Å². The van der Waals surface area contributed by atoms with Crippen LogP contribution in [0.15, 0.2) is 42.6 Å². The van der Waals surface area contributed by atoms with Crippen LogP contribution >= 0.6 is 0 Å². The Hall–Kier alpha value is -4.13. The molecule has 0 unspecified atom stereocenters. The zero-order chi connectivity index (χ0) is 27.3. The monoisotopic (exact) mass is 547 g/mol. The smallest absolute Gasteiger partial charge is 0.324 e. The highest BCUT2D eigenvalue weighted by Gasteiger charge is 2.20. The van der Waals surface area contributed by atoms with Gasteiger partial charge in [0, 0.05) is 67.0 Å². The number of carbonyl (C=O) groups excluding carboxylic acids is 1. The van der Waals surface area contributed by atoms with Gasteiger partial charge in [-0.2, -0.15) is 4.98 Å². The second-order valence-corrected chi connectivity index (χ2v) is 9.65. The molecule has 3 N–H and O–H groups in total. The standard InChI is InChI=1S/C28H33N7O5/c1-37-24-18-23-21(17-25(24)40-15-8-34-6-11-38-12-7-34)26(32-27(31-23)35-9-13-39-14-10-35)33-28(36)30-20-2-3-22-19(16-20)4-5-29-22/h2-5,16-18,29H,6-15H2,1H3,(H2,30,31,32,33,36). The minimum absolute atomic E-state index is 0.382. The van der Waals surface area contributed by atoms with Crippen LogP contribution in [0.1, 0.15) is 0 Å². The molecule has 2 aliphatic heterocycles. The number of anilines is 3. The molecule has 40 heavy (non-hydrogen) atoms. The number of nitrogens with zero attached hydrogens (tertiary/aromatic N) is 4. The van der Waals surface area contributed by atoms with Gasteiger partial charge in [0.2, 0.25) is 5.95 Å². The molecule has 4 aromatic rings. The predicted octanol–water partition coefficient (Wildman–Crippen LogP) is 3.31. The number of hydrogen-bond donors (Lipinski definition) is 3. The fourth-order valence-corrected chi connectivity index (χ4v) is 4.91. The summed E-state index contributed by atoms with van der Waals surface area (Å²) >= 11 is 0. The predicted molar refractivity (Wildman–Crippen MR) is 153 cm³/mol. The largest absolute Gasteiger partial charge is 0.493 e. The second-order valence-electron chi connectivity index (χ2n) is 9.65. The van der Waals surface area contributed by atoms with Gasteiger partial charge in [0.15, 0.2) is 11.5 Å². The molecule has 2 aromatic heterocycles. The fourth-order valence-electron chi connectivity index (χ4n) is 4.91. The van der Waals surface area contributed by atoms with Crippen molar-refractivity contribution in [3.05, 3.63) is 42.6 Å². The number of aromatic amines is 1. The van der Waals surface area contributed by atoms with Crippen molar-refractivity contribution < 1.29 is 23.7 Å². The maximum Gasteiger partial charge on any atom is 0.324 e. The molecule has 2 aliphatic rings. The molecule has 0 radical (unpaired) electrons. The zero-order valence-corrected chi connectivity index (χ0v) is 22.4. The first-order valence-corrected chi connectivity index (χ1v) is 13.5. The molecule has 2 amide bonds. The van der Waals surface area contributed by atoms with Crippen LogP contribution in [-0.2, 0) is 9.47 Å². The van der Waals surface area contributed by atoms with Crippen LogP contribution < -0.4 is 25.0 Å². The Kier molecular flexibility index (Phi) is 7.80. The number of methoxy groups -OCH3 is 1. The van der Waals surface area contributed by atoms with Crippen molar-refractivity contribution in [2.24, 2.45) is 0 Å². The zero-order valence-electron chi connectivity index (χ0n) is 22.4. The van der Waals surface area contributed by atoms with Gasteiger partial charge in [0.05, 0.1) is 39.1 Å². The molecule has 6 rings (SSSR count). The Morgan fingerprint density at radius 1 is 0.975 bits per heavy atom. The van der Waals surface area contributed by atoms with Gasteiger partial charge in [0.1, 0.15) is 12.4 Å². The molecule has 0 spiro atoms. The molecule has 4 heterocycles. The van der Waals surface area contributed by atoms with Crippen LogP contribution in [0.2, 0.25) is 0 Å². The summed E-state index contributed by atoms with van der Waals surface area (Å²) in [6, 6.07) is 10.9. The Labute approximate surface area is 231 Å². The van der Waals surface area contributed by atoms with E-state index in [4.69, 9.17) is 28.9 Å². The molecule has 0 bridgehead atoms. The van der Waals surface area contributed by atoms with Crippen molar-refractivity contribution in [3.63, 3.8) is 0 Å². The Balaban J connectivity index is 1.28. The third-order valence-electron chi connectivity index (χ3n) is 7.08. The second kappa shape index (κ2) is 11.9. The lowest BCUT2D eigenvalue weighted by Gasteiger charge is -2.27. The minimum Gasteiger partial charge on any atom is -0.493 e. The Morgan fingerprint density at radius 2 is 1.77 bits per heavy atom. The third-order valence-corrected chi connectivity index (χ3v) is 7.08. The number of rotatable bonds is 8. The number of ether oxygens (including phenoxy) is 4. The highest BCUT2D eigenvalue weighted by Crippen LogP contribution is 2.35. The summed E-state index contributed by atoms with van der Waals surface area (Å²) in [4.78, 5) is 30.2. The van der Waals surface area contributed by atoms with E-state index in [1.54, 1.807) is 7.11 Å². The van der Waals surface area contributed by atoms with Crippen LogP contribution in [0.5, 0.6) is 11.5 Å². The minimum atomic E-state index is -0.409. The highest BCUT2D eigenvalue weighted by atomic mass is 16.5. The molecule has 0 saturated carbocycles. The molecule has 2 saturated heterocycles. The first kappa shape index (κ1) is 26.1. The summed E-state index contributed by atoms with van der Waals surface area (Å²) in [5.74, 6) is 2.03. The molecular weight excluding hydrogens is 514 g/mol. The summed E-state index contributed by atoms with van der Waals surface area (Å²) in [6.07, 6.45) is 1.86. The molecule has 0 atom stereocenters. The van der Waals surface area contributed by atoms with Gasteiger partial charge in [0.25, 0.3) is 0 Å². The lowest BCUT2D eigenvalue weighted by molar-refractivity contribution is 0.0321. The van der Waals surface area contributed by atoms with Crippen molar-refractivity contribution in [1.82, 2.24) is 19.9 Å². The van der Waals surface area contributed by atoms with E-state index in [0.717, 1.165) is 43.8 Å². The van der Waals surface area contributed by atoms with E-state index in [0.29, 0.717) is 72.8 Å². The van der Waals surface area contributed by atoms with Crippen molar-refractivity contribution in [3.8, 4) is 11.5 Å². The molecular formula is C28H33N7O5. The van der Waals surface area contributed by atoms with Crippen molar-refractivity contribution in [2.75, 3.05) is 88.4 Å². The number of H-pyrrole nitrogens is 1. The number of amides is 2. The van der Waals surface area contributed by atoms with Crippen LogP contribution in [0.4, 0.5) is 22.2 Å². The number of nitrogens with one attached hydrogen (secondary N) is 3. The third kappa shape index (κ3) is 5.88. The highest BCUT2D eigenvalue weighted by molar-refractivity contribution is 6.05. The number of aromatic nitrogens is 3. The molecule has 2 aromatic carbocycles. The average Bonchev–Trinajstić information content (AvgIpc) is 3.46. The van der Waals surface area contributed by atoms with E-state index in [2.05, 4.69) is 20.5 Å². The molecule has 2 fully saturated rings. The van der Waals surface area contributed by atoms with Crippen molar-refractivity contribution in [2.45, 2.75) is 0 Å².